The summed E-state index contributed by atoms with van der Waals surface area (Å²) in [5.74, 6) is 1.42. The van der Waals surface area contributed by atoms with Gasteiger partial charge in [0.1, 0.15) is 0 Å². The van der Waals surface area contributed by atoms with Crippen LogP contribution in [0.1, 0.15) is 135 Å². The van der Waals surface area contributed by atoms with Crippen LogP contribution in [-0.2, 0) is 4.74 Å². The highest BCUT2D eigenvalue weighted by atomic mass is 32.2. The van der Waals surface area contributed by atoms with E-state index in [4.69, 9.17) is 4.74 Å². The van der Waals surface area contributed by atoms with E-state index in [1.165, 1.54) is 134 Å². The van der Waals surface area contributed by atoms with Crippen molar-refractivity contribution in [2.45, 2.75) is 146 Å². The van der Waals surface area contributed by atoms with Crippen LogP contribution in [0.15, 0.2) is 0 Å². The molecule has 2 aliphatic rings. The number of hydrogen-bond donors (Lipinski definition) is 0. The van der Waals surface area contributed by atoms with Gasteiger partial charge in [-0.2, -0.15) is 11.8 Å². The molecule has 0 aromatic heterocycles. The number of hydrogen-bond acceptors (Lipinski definition) is 2. The summed E-state index contributed by atoms with van der Waals surface area (Å²) < 4.78 is 6.39. The van der Waals surface area contributed by atoms with Crippen LogP contribution in [0.5, 0.6) is 0 Å². The summed E-state index contributed by atoms with van der Waals surface area (Å²) in [5, 5.41) is 0. The zero-order valence-corrected chi connectivity index (χ0v) is 19.3. The molecule has 2 heteroatoms. The minimum absolute atomic E-state index is 0.610. The van der Waals surface area contributed by atoms with Crippen LogP contribution in [0.3, 0.4) is 0 Å². The monoisotopic (exact) mass is 396 g/mol. The molecule has 0 radical (unpaired) electrons. The van der Waals surface area contributed by atoms with Crippen molar-refractivity contribution in [2.75, 3.05) is 12.4 Å². The highest BCUT2D eigenvalue weighted by Crippen LogP contribution is 2.45. The standard InChI is InChI=1S/C25H48OS/c1-2-19-25(20-13-14-21-25)27-23-15-11-9-7-5-3-4-6-8-10-12-17-24-18-16-22-26-24/h24H,2-23H2,1H3. The summed E-state index contributed by atoms with van der Waals surface area (Å²) in [7, 11) is 0. The van der Waals surface area contributed by atoms with Crippen molar-refractivity contribution >= 4 is 11.8 Å². The van der Waals surface area contributed by atoms with Crippen LogP contribution >= 0.6 is 11.8 Å². The molecule has 1 atom stereocenters. The molecule has 1 unspecified atom stereocenters. The lowest BCUT2D eigenvalue weighted by Crippen LogP contribution is -2.20. The van der Waals surface area contributed by atoms with Crippen LogP contribution in [0.25, 0.3) is 0 Å². The molecular weight excluding hydrogens is 348 g/mol. The molecule has 1 aliphatic carbocycles. The molecule has 1 nitrogen and oxygen atoms in total. The third-order valence-electron chi connectivity index (χ3n) is 6.82. The fraction of sp³-hybridized carbons (Fsp3) is 1.00. The zero-order valence-electron chi connectivity index (χ0n) is 18.5. The molecule has 0 spiro atoms. The van der Waals surface area contributed by atoms with Gasteiger partial charge in [0, 0.05) is 11.4 Å². The molecule has 0 aromatic rings. The van der Waals surface area contributed by atoms with Gasteiger partial charge in [-0.15, -0.1) is 0 Å². The van der Waals surface area contributed by atoms with E-state index in [0.29, 0.717) is 10.9 Å². The normalized spacial score (nSPS) is 21.9. The van der Waals surface area contributed by atoms with Crippen LogP contribution in [0.4, 0.5) is 0 Å². The Morgan fingerprint density at radius 1 is 0.778 bits per heavy atom. The molecule has 1 heterocycles. The second-order valence-corrected chi connectivity index (χ2v) is 10.9. The first-order valence-electron chi connectivity index (χ1n) is 12.6. The first kappa shape index (κ1) is 23.6. The number of ether oxygens (including phenoxy) is 1. The van der Waals surface area contributed by atoms with Gasteiger partial charge in [0.05, 0.1) is 6.10 Å². The summed E-state index contributed by atoms with van der Waals surface area (Å²) in [6.45, 7) is 3.38. The largest absolute Gasteiger partial charge is 0.378 e. The SMILES string of the molecule is CCCC1(SCCCCCCCCCCCCCC2CCCO2)CCCC1. The Hall–Kier alpha value is 0.310. The number of thioether (sulfide) groups is 1. The summed E-state index contributed by atoms with van der Waals surface area (Å²) in [6, 6.07) is 0. The van der Waals surface area contributed by atoms with E-state index in [2.05, 4.69) is 18.7 Å². The molecule has 0 bridgehead atoms. The minimum Gasteiger partial charge on any atom is -0.378 e. The smallest absolute Gasteiger partial charge is 0.0576 e. The van der Waals surface area contributed by atoms with Gasteiger partial charge in [-0.25, -0.2) is 0 Å². The van der Waals surface area contributed by atoms with Gasteiger partial charge < -0.3 is 4.74 Å². The summed E-state index contributed by atoms with van der Waals surface area (Å²) in [4.78, 5) is 0. The van der Waals surface area contributed by atoms with E-state index < -0.39 is 0 Å². The predicted molar refractivity (Wildman–Crippen MR) is 123 cm³/mol. The van der Waals surface area contributed by atoms with Gasteiger partial charge in [0.25, 0.3) is 0 Å². The van der Waals surface area contributed by atoms with Crippen molar-refractivity contribution in [2.24, 2.45) is 0 Å². The van der Waals surface area contributed by atoms with Gasteiger partial charge in [0.2, 0.25) is 0 Å². The molecule has 2 rings (SSSR count). The topological polar surface area (TPSA) is 9.23 Å². The molecule has 0 N–H and O–H groups in total. The maximum absolute atomic E-state index is 5.70. The quantitative estimate of drug-likeness (QED) is 0.227. The molecule has 1 saturated carbocycles. The first-order chi connectivity index (χ1) is 13.3. The highest BCUT2D eigenvalue weighted by molar-refractivity contribution is 8.00. The van der Waals surface area contributed by atoms with Gasteiger partial charge in [-0.3, -0.25) is 0 Å². The van der Waals surface area contributed by atoms with Crippen molar-refractivity contribution in [1.29, 1.82) is 0 Å². The summed E-state index contributed by atoms with van der Waals surface area (Å²) in [6.07, 6.45) is 29.4. The predicted octanol–water partition coefficient (Wildman–Crippen LogP) is 8.69. The van der Waals surface area contributed by atoms with Crippen LogP contribution < -0.4 is 0 Å². The lowest BCUT2D eigenvalue weighted by molar-refractivity contribution is 0.102. The van der Waals surface area contributed by atoms with Crippen molar-refractivity contribution in [3.63, 3.8) is 0 Å². The van der Waals surface area contributed by atoms with Gasteiger partial charge in [-0.1, -0.05) is 90.4 Å². The molecule has 27 heavy (non-hydrogen) atoms. The summed E-state index contributed by atoms with van der Waals surface area (Å²) >= 11 is 2.34. The van der Waals surface area contributed by atoms with E-state index in [1.54, 1.807) is 0 Å². The van der Waals surface area contributed by atoms with Crippen LogP contribution in [-0.4, -0.2) is 23.2 Å². The van der Waals surface area contributed by atoms with Crippen molar-refractivity contribution in [3.8, 4) is 0 Å². The molecule has 0 aromatic carbocycles. The Balaban J connectivity index is 1.28. The zero-order chi connectivity index (χ0) is 19.0. The molecular formula is C25H48OS. The Morgan fingerprint density at radius 3 is 1.93 bits per heavy atom. The lowest BCUT2D eigenvalue weighted by Gasteiger charge is -2.28. The average Bonchev–Trinajstić information content (AvgIpc) is 3.35. The maximum atomic E-state index is 5.70. The Kier molecular flexibility index (Phi) is 13.3. The van der Waals surface area contributed by atoms with E-state index in [-0.39, 0.29) is 0 Å². The summed E-state index contributed by atoms with van der Waals surface area (Å²) in [5.41, 5.74) is 0. The molecule has 1 saturated heterocycles. The second kappa shape index (κ2) is 15.2. The second-order valence-electron chi connectivity index (χ2n) is 9.30. The molecule has 2 fully saturated rings. The molecule has 0 amide bonds. The van der Waals surface area contributed by atoms with Crippen LogP contribution in [0.2, 0.25) is 0 Å². The van der Waals surface area contributed by atoms with E-state index >= 15 is 0 Å². The fourth-order valence-electron chi connectivity index (χ4n) is 5.17. The number of unbranched alkanes of at least 4 members (excludes halogenated alkanes) is 10. The van der Waals surface area contributed by atoms with Gasteiger partial charge in [-0.05, 0) is 50.7 Å². The lowest BCUT2D eigenvalue weighted by atomic mass is 10.0. The highest BCUT2D eigenvalue weighted by Gasteiger charge is 2.32. The molecule has 1 aliphatic heterocycles. The Bertz CT molecular complexity index is 331. The Labute approximate surface area is 175 Å². The van der Waals surface area contributed by atoms with Gasteiger partial charge >= 0.3 is 0 Å². The molecule has 160 valence electrons. The average molecular weight is 397 g/mol. The first-order valence-corrected chi connectivity index (χ1v) is 13.6. The van der Waals surface area contributed by atoms with Crippen molar-refractivity contribution < 1.29 is 4.74 Å². The van der Waals surface area contributed by atoms with E-state index in [1.807, 2.05) is 0 Å². The third-order valence-corrected chi connectivity index (χ3v) is 8.54. The van der Waals surface area contributed by atoms with Crippen molar-refractivity contribution in [3.05, 3.63) is 0 Å². The third kappa shape index (κ3) is 10.6. The van der Waals surface area contributed by atoms with E-state index in [9.17, 15) is 0 Å². The number of rotatable bonds is 17. The van der Waals surface area contributed by atoms with Gasteiger partial charge in [0.15, 0.2) is 0 Å². The Morgan fingerprint density at radius 2 is 1.37 bits per heavy atom. The van der Waals surface area contributed by atoms with E-state index in [0.717, 1.165) is 6.61 Å². The van der Waals surface area contributed by atoms with Crippen molar-refractivity contribution in [1.82, 2.24) is 0 Å². The maximum Gasteiger partial charge on any atom is 0.0576 e. The fourth-order valence-corrected chi connectivity index (χ4v) is 6.87. The van der Waals surface area contributed by atoms with Crippen LogP contribution in [0, 0.1) is 0 Å². The minimum atomic E-state index is 0.610.